The highest BCUT2D eigenvalue weighted by molar-refractivity contribution is 6.33. The third kappa shape index (κ3) is 6.36. The maximum absolute atomic E-state index is 11.2. The highest BCUT2D eigenvalue weighted by atomic mass is 35.5. The van der Waals surface area contributed by atoms with Gasteiger partial charge in [-0.3, -0.25) is 4.79 Å². The summed E-state index contributed by atoms with van der Waals surface area (Å²) in [5.74, 6) is -0.337. The molecule has 0 unspecified atom stereocenters. The van der Waals surface area contributed by atoms with Gasteiger partial charge in [0, 0.05) is 13.1 Å². The second-order valence-corrected chi connectivity index (χ2v) is 5.61. The Hall–Kier alpha value is -1.26. The van der Waals surface area contributed by atoms with Gasteiger partial charge in [0.2, 0.25) is 5.91 Å². The van der Waals surface area contributed by atoms with Gasteiger partial charge < -0.3 is 16.0 Å². The van der Waals surface area contributed by atoms with E-state index < -0.39 is 0 Å². The zero-order valence-corrected chi connectivity index (χ0v) is 13.7. The Morgan fingerprint density at radius 2 is 2.10 bits per heavy atom. The second-order valence-electron chi connectivity index (χ2n) is 5.20. The van der Waals surface area contributed by atoms with Crippen molar-refractivity contribution in [2.24, 2.45) is 5.73 Å². The molecule has 1 rings (SSSR count). The number of rotatable bonds is 10. The van der Waals surface area contributed by atoms with Crippen LogP contribution < -0.4 is 16.0 Å². The Balaban J connectivity index is 2.80. The van der Waals surface area contributed by atoms with E-state index >= 15 is 0 Å². The number of unbranched alkanes of at least 4 members (excludes halogenated alkanes) is 1. The zero-order chi connectivity index (χ0) is 15.7. The highest BCUT2D eigenvalue weighted by Gasteiger charge is 2.12. The molecule has 0 fully saturated rings. The molecule has 0 aliphatic rings. The number of carbonyl (C=O) groups excluding carboxylic acids is 1. The average molecular weight is 312 g/mol. The molecule has 1 aromatic carbocycles. The molecule has 0 heterocycles. The van der Waals surface area contributed by atoms with E-state index in [0.717, 1.165) is 50.1 Å². The summed E-state index contributed by atoms with van der Waals surface area (Å²) in [6, 6.07) is 5.98. The van der Waals surface area contributed by atoms with Crippen molar-refractivity contribution < 1.29 is 4.79 Å². The smallest absolute Gasteiger partial charge is 0.236 e. The van der Waals surface area contributed by atoms with Crippen LogP contribution in [-0.4, -0.2) is 25.5 Å². The molecule has 0 aromatic heterocycles. The van der Waals surface area contributed by atoms with Gasteiger partial charge in [-0.05, 0) is 37.1 Å². The molecule has 118 valence electrons. The monoisotopic (exact) mass is 311 g/mol. The van der Waals surface area contributed by atoms with Crippen molar-refractivity contribution in [1.82, 2.24) is 5.32 Å². The summed E-state index contributed by atoms with van der Waals surface area (Å²) in [6.45, 7) is 7.03. The fourth-order valence-electron chi connectivity index (χ4n) is 2.15. The van der Waals surface area contributed by atoms with Crippen LogP contribution in [0.25, 0.3) is 0 Å². The number of primary amides is 1. The number of halogens is 1. The van der Waals surface area contributed by atoms with E-state index in [9.17, 15) is 4.79 Å². The summed E-state index contributed by atoms with van der Waals surface area (Å²) >= 11 is 6.38. The van der Waals surface area contributed by atoms with Crippen molar-refractivity contribution in [3.63, 3.8) is 0 Å². The standard InChI is InChI=1S/C16H26ClN3O/c1-3-5-9-20(12-16(18)21)15-7-6-13(10-14(15)17)11-19-8-4-2/h6-7,10,19H,3-5,8-9,11-12H2,1-2H3,(H2,18,21). The SMILES string of the molecule is CCCCN(CC(N)=O)c1ccc(CNCCC)cc1Cl. The number of nitrogens with one attached hydrogen (secondary N) is 1. The van der Waals surface area contributed by atoms with E-state index in [0.29, 0.717) is 5.02 Å². The molecular weight excluding hydrogens is 286 g/mol. The molecule has 0 saturated carbocycles. The van der Waals surface area contributed by atoms with Gasteiger partial charge in [-0.2, -0.15) is 0 Å². The summed E-state index contributed by atoms with van der Waals surface area (Å²) in [5.41, 5.74) is 7.35. The van der Waals surface area contributed by atoms with Crippen molar-refractivity contribution in [1.29, 1.82) is 0 Å². The molecule has 0 spiro atoms. The number of hydrogen-bond donors (Lipinski definition) is 2. The van der Waals surface area contributed by atoms with Crippen LogP contribution >= 0.6 is 11.6 Å². The lowest BCUT2D eigenvalue weighted by Crippen LogP contribution is -2.34. The first-order valence-corrected chi connectivity index (χ1v) is 7.98. The third-order valence-corrected chi connectivity index (χ3v) is 3.54. The van der Waals surface area contributed by atoms with Crippen molar-refractivity contribution >= 4 is 23.2 Å². The molecule has 4 nitrogen and oxygen atoms in total. The number of nitrogens with zero attached hydrogens (tertiary/aromatic N) is 1. The van der Waals surface area contributed by atoms with E-state index in [1.807, 2.05) is 23.1 Å². The van der Waals surface area contributed by atoms with Gasteiger partial charge in [0.15, 0.2) is 0 Å². The van der Waals surface area contributed by atoms with Gasteiger partial charge >= 0.3 is 0 Å². The normalized spacial score (nSPS) is 10.6. The molecule has 0 saturated heterocycles. The maximum Gasteiger partial charge on any atom is 0.236 e. The van der Waals surface area contributed by atoms with Crippen molar-refractivity contribution in [3.8, 4) is 0 Å². The second kappa shape index (κ2) is 9.64. The number of hydrogen-bond acceptors (Lipinski definition) is 3. The Morgan fingerprint density at radius 3 is 2.67 bits per heavy atom. The van der Waals surface area contributed by atoms with Crippen molar-refractivity contribution in [3.05, 3.63) is 28.8 Å². The van der Waals surface area contributed by atoms with Crippen LogP contribution in [0.3, 0.4) is 0 Å². The van der Waals surface area contributed by atoms with Gasteiger partial charge in [0.1, 0.15) is 0 Å². The Morgan fingerprint density at radius 1 is 1.33 bits per heavy atom. The average Bonchev–Trinajstić information content (AvgIpc) is 2.44. The number of amides is 1. The zero-order valence-electron chi connectivity index (χ0n) is 13.0. The number of nitrogens with two attached hydrogens (primary N) is 1. The molecule has 1 aromatic rings. The lowest BCUT2D eigenvalue weighted by molar-refractivity contribution is -0.116. The molecule has 21 heavy (non-hydrogen) atoms. The van der Waals surface area contributed by atoms with E-state index in [1.165, 1.54) is 0 Å². The maximum atomic E-state index is 11.2. The van der Waals surface area contributed by atoms with E-state index in [-0.39, 0.29) is 12.5 Å². The lowest BCUT2D eigenvalue weighted by Gasteiger charge is -2.24. The number of carbonyl (C=O) groups is 1. The molecule has 0 radical (unpaired) electrons. The molecule has 0 aliphatic heterocycles. The quantitative estimate of drug-likeness (QED) is 0.653. The van der Waals surface area contributed by atoms with E-state index in [1.54, 1.807) is 0 Å². The number of anilines is 1. The van der Waals surface area contributed by atoms with Gasteiger partial charge in [-0.1, -0.05) is 37.9 Å². The first kappa shape index (κ1) is 17.8. The summed E-state index contributed by atoms with van der Waals surface area (Å²) in [4.78, 5) is 13.2. The minimum Gasteiger partial charge on any atom is -0.368 e. The molecule has 3 N–H and O–H groups in total. The molecule has 0 aliphatic carbocycles. The van der Waals surface area contributed by atoms with Crippen LogP contribution in [0.15, 0.2) is 18.2 Å². The fraction of sp³-hybridized carbons (Fsp3) is 0.562. The first-order valence-electron chi connectivity index (χ1n) is 7.60. The van der Waals surface area contributed by atoms with E-state index in [4.69, 9.17) is 17.3 Å². The van der Waals surface area contributed by atoms with Gasteiger partial charge in [0.25, 0.3) is 0 Å². The summed E-state index contributed by atoms with van der Waals surface area (Å²) < 4.78 is 0. The van der Waals surface area contributed by atoms with E-state index in [2.05, 4.69) is 19.2 Å². The van der Waals surface area contributed by atoms with Crippen LogP contribution in [0, 0.1) is 0 Å². The fourth-order valence-corrected chi connectivity index (χ4v) is 2.47. The van der Waals surface area contributed by atoms with Crippen molar-refractivity contribution in [2.75, 3.05) is 24.5 Å². The third-order valence-electron chi connectivity index (χ3n) is 3.24. The predicted molar refractivity (Wildman–Crippen MR) is 89.8 cm³/mol. The number of benzene rings is 1. The Kier molecular flexibility index (Phi) is 8.16. The summed E-state index contributed by atoms with van der Waals surface area (Å²) in [7, 11) is 0. The van der Waals surface area contributed by atoms with Crippen LogP contribution in [-0.2, 0) is 11.3 Å². The lowest BCUT2D eigenvalue weighted by atomic mass is 10.1. The van der Waals surface area contributed by atoms with Crippen LogP contribution in [0.5, 0.6) is 0 Å². The minimum atomic E-state index is -0.337. The van der Waals surface area contributed by atoms with Gasteiger partial charge in [-0.25, -0.2) is 0 Å². The molecule has 1 amide bonds. The summed E-state index contributed by atoms with van der Waals surface area (Å²) in [6.07, 6.45) is 3.17. The topological polar surface area (TPSA) is 58.4 Å². The van der Waals surface area contributed by atoms with Crippen LogP contribution in [0.1, 0.15) is 38.7 Å². The Labute approximate surface area is 132 Å². The van der Waals surface area contributed by atoms with Crippen LogP contribution in [0.2, 0.25) is 5.02 Å². The first-order chi connectivity index (χ1) is 10.1. The van der Waals surface area contributed by atoms with Gasteiger partial charge in [-0.15, -0.1) is 0 Å². The van der Waals surface area contributed by atoms with Gasteiger partial charge in [0.05, 0.1) is 17.3 Å². The molecule has 0 bridgehead atoms. The minimum absolute atomic E-state index is 0.202. The summed E-state index contributed by atoms with van der Waals surface area (Å²) in [5, 5.41) is 4.02. The molecule has 0 atom stereocenters. The highest BCUT2D eigenvalue weighted by Crippen LogP contribution is 2.27. The largest absolute Gasteiger partial charge is 0.368 e. The predicted octanol–water partition coefficient (Wildman–Crippen LogP) is 2.93. The molecular formula is C16H26ClN3O. The Bertz CT molecular complexity index is 451. The van der Waals surface area contributed by atoms with Crippen LogP contribution in [0.4, 0.5) is 5.69 Å². The molecule has 5 heteroatoms. The van der Waals surface area contributed by atoms with Crippen molar-refractivity contribution in [2.45, 2.75) is 39.7 Å².